The Bertz CT molecular complexity index is 396. The molecule has 1 aromatic heterocycles. The lowest BCUT2D eigenvalue weighted by atomic mass is 10.1. The summed E-state index contributed by atoms with van der Waals surface area (Å²) in [4.78, 5) is 13.3. The van der Waals surface area contributed by atoms with Gasteiger partial charge in [0.2, 0.25) is 5.95 Å². The molecule has 1 rings (SSSR count). The smallest absolute Gasteiger partial charge is 0.307 e. The van der Waals surface area contributed by atoms with Crippen LogP contribution in [0, 0.1) is 5.95 Å². The molecule has 0 bridgehead atoms. The molecule has 82 valence electrons. The highest BCUT2D eigenvalue weighted by atomic mass is 19.3. The standard InChI is InChI=1S/C8H7F3N2O2/c9-5-2-4(12)3(1-6(14)15)7(13-5)8(10)11/h2,8H,1H2,(H2,12,13)(H,14,15). The molecule has 0 fully saturated rings. The van der Waals surface area contributed by atoms with Crippen molar-refractivity contribution in [3.8, 4) is 0 Å². The van der Waals surface area contributed by atoms with Crippen LogP contribution in [0.3, 0.4) is 0 Å². The van der Waals surface area contributed by atoms with Crippen LogP contribution < -0.4 is 5.73 Å². The third-order valence-corrected chi connectivity index (χ3v) is 1.69. The Balaban J connectivity index is 3.26. The first kappa shape index (κ1) is 11.3. The van der Waals surface area contributed by atoms with Crippen LogP contribution in [0.25, 0.3) is 0 Å². The second-order valence-corrected chi connectivity index (χ2v) is 2.77. The van der Waals surface area contributed by atoms with Crippen LogP contribution in [0.4, 0.5) is 18.9 Å². The molecular weight excluding hydrogens is 213 g/mol. The highest BCUT2D eigenvalue weighted by Gasteiger charge is 2.20. The minimum Gasteiger partial charge on any atom is -0.481 e. The van der Waals surface area contributed by atoms with E-state index in [2.05, 4.69) is 4.98 Å². The first-order chi connectivity index (χ1) is 6.91. The van der Waals surface area contributed by atoms with Crippen molar-refractivity contribution in [3.63, 3.8) is 0 Å². The van der Waals surface area contributed by atoms with E-state index in [0.717, 1.165) is 0 Å². The lowest BCUT2D eigenvalue weighted by Crippen LogP contribution is -2.10. The van der Waals surface area contributed by atoms with E-state index in [1.807, 2.05) is 0 Å². The van der Waals surface area contributed by atoms with Crippen molar-refractivity contribution < 1.29 is 23.1 Å². The van der Waals surface area contributed by atoms with Crippen LogP contribution >= 0.6 is 0 Å². The third-order valence-electron chi connectivity index (χ3n) is 1.69. The number of carboxylic acids is 1. The van der Waals surface area contributed by atoms with Gasteiger partial charge < -0.3 is 10.8 Å². The van der Waals surface area contributed by atoms with Crippen molar-refractivity contribution in [1.29, 1.82) is 0 Å². The van der Waals surface area contributed by atoms with Gasteiger partial charge in [-0.15, -0.1) is 0 Å². The van der Waals surface area contributed by atoms with Crippen molar-refractivity contribution in [2.45, 2.75) is 12.8 Å². The monoisotopic (exact) mass is 220 g/mol. The van der Waals surface area contributed by atoms with Crippen molar-refractivity contribution in [2.24, 2.45) is 0 Å². The van der Waals surface area contributed by atoms with Gasteiger partial charge in [-0.2, -0.15) is 4.39 Å². The number of anilines is 1. The molecule has 0 aromatic carbocycles. The van der Waals surface area contributed by atoms with E-state index in [1.54, 1.807) is 0 Å². The summed E-state index contributed by atoms with van der Waals surface area (Å²) in [6, 6.07) is 0.712. The van der Waals surface area contributed by atoms with Crippen molar-refractivity contribution in [3.05, 3.63) is 23.3 Å². The molecule has 3 N–H and O–H groups in total. The van der Waals surface area contributed by atoms with E-state index < -0.39 is 30.5 Å². The second kappa shape index (κ2) is 4.16. The minimum atomic E-state index is -3.06. The van der Waals surface area contributed by atoms with Crippen LogP contribution in [-0.2, 0) is 11.2 Å². The molecule has 0 aliphatic carbocycles. The first-order valence-electron chi connectivity index (χ1n) is 3.86. The van der Waals surface area contributed by atoms with Crippen LogP contribution in [0.15, 0.2) is 6.07 Å². The number of hydrogen-bond donors (Lipinski definition) is 2. The zero-order chi connectivity index (χ0) is 11.6. The van der Waals surface area contributed by atoms with Gasteiger partial charge in [0.05, 0.1) is 6.42 Å². The average Bonchev–Trinajstić information content (AvgIpc) is 2.08. The lowest BCUT2D eigenvalue weighted by Gasteiger charge is -2.08. The number of rotatable bonds is 3. The Morgan fingerprint density at radius 3 is 2.67 bits per heavy atom. The summed E-state index contributed by atoms with van der Waals surface area (Å²) >= 11 is 0. The van der Waals surface area contributed by atoms with Crippen LogP contribution in [0.5, 0.6) is 0 Å². The van der Waals surface area contributed by atoms with Gasteiger partial charge in [0.15, 0.2) is 0 Å². The van der Waals surface area contributed by atoms with Gasteiger partial charge in [-0.3, -0.25) is 4.79 Å². The molecule has 0 amide bonds. The van der Waals surface area contributed by atoms with Gasteiger partial charge in [0, 0.05) is 17.3 Å². The van der Waals surface area contributed by atoms with E-state index in [-0.39, 0.29) is 11.3 Å². The molecule has 0 aliphatic rings. The van der Waals surface area contributed by atoms with Gasteiger partial charge in [-0.1, -0.05) is 0 Å². The molecule has 7 heteroatoms. The number of nitrogens with zero attached hydrogens (tertiary/aromatic N) is 1. The van der Waals surface area contributed by atoms with Crippen molar-refractivity contribution in [2.75, 3.05) is 5.73 Å². The van der Waals surface area contributed by atoms with E-state index in [0.29, 0.717) is 6.07 Å². The zero-order valence-electron chi connectivity index (χ0n) is 7.38. The predicted molar refractivity (Wildman–Crippen MR) is 44.9 cm³/mol. The average molecular weight is 220 g/mol. The molecule has 0 saturated heterocycles. The summed E-state index contributed by atoms with van der Waals surface area (Å²) in [5.41, 5.74) is 3.63. The number of nitrogens with two attached hydrogens (primary N) is 1. The summed E-state index contributed by atoms with van der Waals surface area (Å²) in [6.07, 6.45) is -3.77. The van der Waals surface area contributed by atoms with Gasteiger partial charge in [0.25, 0.3) is 6.43 Å². The van der Waals surface area contributed by atoms with Crippen molar-refractivity contribution >= 4 is 11.7 Å². The van der Waals surface area contributed by atoms with E-state index >= 15 is 0 Å². The maximum Gasteiger partial charge on any atom is 0.307 e. The molecule has 15 heavy (non-hydrogen) atoms. The summed E-state index contributed by atoms with van der Waals surface area (Å²) < 4.78 is 37.4. The van der Waals surface area contributed by atoms with Gasteiger partial charge in [-0.25, -0.2) is 13.8 Å². The van der Waals surface area contributed by atoms with E-state index in [9.17, 15) is 18.0 Å². The topological polar surface area (TPSA) is 76.2 Å². The predicted octanol–water partition coefficient (Wildman–Crippen LogP) is 1.37. The molecular formula is C8H7F3N2O2. The molecule has 0 spiro atoms. The van der Waals surface area contributed by atoms with Gasteiger partial charge in [-0.05, 0) is 0 Å². The van der Waals surface area contributed by atoms with E-state index in [4.69, 9.17) is 10.8 Å². The zero-order valence-corrected chi connectivity index (χ0v) is 7.38. The number of hydrogen-bond acceptors (Lipinski definition) is 3. The highest BCUT2D eigenvalue weighted by molar-refractivity contribution is 5.73. The van der Waals surface area contributed by atoms with Crippen LogP contribution in [0.1, 0.15) is 17.7 Å². The van der Waals surface area contributed by atoms with Gasteiger partial charge in [0.1, 0.15) is 5.69 Å². The number of aromatic nitrogens is 1. The van der Waals surface area contributed by atoms with E-state index in [1.165, 1.54) is 0 Å². The number of alkyl halides is 2. The normalized spacial score (nSPS) is 10.7. The Morgan fingerprint density at radius 2 is 2.20 bits per heavy atom. The van der Waals surface area contributed by atoms with Gasteiger partial charge >= 0.3 is 5.97 Å². The summed E-state index contributed by atoms with van der Waals surface area (Å²) in [5.74, 6) is -2.49. The number of nitrogen functional groups attached to an aromatic ring is 1. The molecule has 4 nitrogen and oxygen atoms in total. The largest absolute Gasteiger partial charge is 0.481 e. The number of halogens is 3. The van der Waals surface area contributed by atoms with Crippen LogP contribution in [0.2, 0.25) is 0 Å². The quantitative estimate of drug-likeness (QED) is 0.754. The number of pyridine rings is 1. The molecule has 0 radical (unpaired) electrons. The summed E-state index contributed by atoms with van der Waals surface area (Å²) in [6.45, 7) is 0. The molecule has 0 unspecified atom stereocenters. The maximum atomic E-state index is 12.6. The fourth-order valence-electron chi connectivity index (χ4n) is 1.10. The number of carboxylic acid groups (broad SMARTS) is 1. The molecule has 0 saturated carbocycles. The number of carbonyl (C=O) groups is 1. The highest BCUT2D eigenvalue weighted by Crippen LogP contribution is 2.26. The Hall–Kier alpha value is -1.79. The Labute approximate surface area is 82.5 Å². The summed E-state index contributed by atoms with van der Waals surface area (Å²) in [7, 11) is 0. The molecule has 0 atom stereocenters. The van der Waals surface area contributed by atoms with Crippen LogP contribution in [-0.4, -0.2) is 16.1 Å². The molecule has 0 aliphatic heterocycles. The first-order valence-corrected chi connectivity index (χ1v) is 3.86. The Kier molecular flexibility index (Phi) is 3.13. The lowest BCUT2D eigenvalue weighted by molar-refractivity contribution is -0.136. The molecule has 1 heterocycles. The third kappa shape index (κ3) is 2.58. The fourth-order valence-corrected chi connectivity index (χ4v) is 1.10. The second-order valence-electron chi connectivity index (χ2n) is 2.77. The fraction of sp³-hybridized carbons (Fsp3) is 0.250. The SMILES string of the molecule is Nc1cc(F)nc(C(F)F)c1CC(=O)O. The maximum absolute atomic E-state index is 12.6. The number of aliphatic carboxylic acids is 1. The Morgan fingerprint density at radius 1 is 1.60 bits per heavy atom. The summed E-state index contributed by atoms with van der Waals surface area (Å²) in [5, 5.41) is 8.44. The van der Waals surface area contributed by atoms with Crippen molar-refractivity contribution in [1.82, 2.24) is 4.98 Å². The molecule has 1 aromatic rings. The minimum absolute atomic E-state index is 0.333.